The van der Waals surface area contributed by atoms with Gasteiger partial charge in [-0.1, -0.05) is 5.92 Å². The first-order valence-corrected chi connectivity index (χ1v) is 7.72. The molecule has 21 heavy (non-hydrogen) atoms. The van der Waals surface area contributed by atoms with Gasteiger partial charge < -0.3 is 10.1 Å². The van der Waals surface area contributed by atoms with E-state index in [9.17, 15) is 13.2 Å². The Morgan fingerprint density at radius 1 is 1.43 bits per heavy atom. The second-order valence-electron chi connectivity index (χ2n) is 4.53. The lowest BCUT2D eigenvalue weighted by Crippen LogP contribution is -2.31. The van der Waals surface area contributed by atoms with Crippen LogP contribution in [0.15, 0.2) is 23.1 Å². The molecule has 1 aromatic rings. The highest BCUT2D eigenvalue weighted by atomic mass is 32.2. The zero-order chi connectivity index (χ0) is 16.0. The van der Waals surface area contributed by atoms with Crippen LogP contribution in [0.4, 0.5) is 0 Å². The third kappa shape index (κ3) is 4.48. The molecule has 0 aliphatic rings. The average Bonchev–Trinajstić information content (AvgIpc) is 2.42. The number of ether oxygens (including phenoxy) is 1. The molecule has 1 aromatic carbocycles. The van der Waals surface area contributed by atoms with Gasteiger partial charge in [0.1, 0.15) is 10.6 Å². The molecule has 0 aliphatic heterocycles. The van der Waals surface area contributed by atoms with Gasteiger partial charge in [-0.3, -0.25) is 4.79 Å². The van der Waals surface area contributed by atoms with Crippen LogP contribution >= 0.6 is 0 Å². The minimum absolute atomic E-state index is 0.0667. The molecule has 0 unspecified atom stereocenters. The van der Waals surface area contributed by atoms with Gasteiger partial charge in [-0.2, -0.15) is 0 Å². The minimum Gasteiger partial charge on any atom is -0.495 e. The molecule has 7 heteroatoms. The van der Waals surface area contributed by atoms with E-state index in [1.807, 2.05) is 0 Å². The first kappa shape index (κ1) is 17.0. The van der Waals surface area contributed by atoms with Gasteiger partial charge in [-0.25, -0.2) is 13.1 Å². The monoisotopic (exact) mass is 310 g/mol. The number of amides is 1. The Morgan fingerprint density at radius 3 is 2.62 bits per heavy atom. The maximum atomic E-state index is 12.3. The van der Waals surface area contributed by atoms with Crippen LogP contribution in [0.25, 0.3) is 0 Å². The molecule has 6 nitrogen and oxygen atoms in total. The Balaban J connectivity index is 3.24. The number of benzene rings is 1. The summed E-state index contributed by atoms with van der Waals surface area (Å²) in [6.45, 7) is 3.47. The van der Waals surface area contributed by atoms with Gasteiger partial charge in [-0.05, 0) is 32.0 Å². The number of hydrogen-bond acceptors (Lipinski definition) is 4. The van der Waals surface area contributed by atoms with Crippen LogP contribution < -0.4 is 14.8 Å². The highest BCUT2D eigenvalue weighted by molar-refractivity contribution is 7.89. The fourth-order valence-electron chi connectivity index (χ4n) is 1.64. The van der Waals surface area contributed by atoms with Gasteiger partial charge in [0.25, 0.3) is 5.91 Å². The summed E-state index contributed by atoms with van der Waals surface area (Å²) in [5.41, 5.74) is 0.190. The van der Waals surface area contributed by atoms with Crippen molar-refractivity contribution >= 4 is 15.9 Å². The molecule has 2 N–H and O–H groups in total. The van der Waals surface area contributed by atoms with E-state index in [-0.39, 0.29) is 28.8 Å². The van der Waals surface area contributed by atoms with E-state index in [1.165, 1.54) is 25.3 Å². The van der Waals surface area contributed by atoms with Crippen molar-refractivity contribution < 1.29 is 17.9 Å². The largest absolute Gasteiger partial charge is 0.495 e. The van der Waals surface area contributed by atoms with Crippen LogP contribution in [0.2, 0.25) is 0 Å². The molecule has 0 aliphatic carbocycles. The fraction of sp³-hybridized carbons (Fsp3) is 0.357. The van der Waals surface area contributed by atoms with Crippen LogP contribution in [0, 0.1) is 12.3 Å². The summed E-state index contributed by atoms with van der Waals surface area (Å²) in [5.74, 6) is 1.99. The smallest absolute Gasteiger partial charge is 0.252 e. The highest BCUT2D eigenvalue weighted by Gasteiger charge is 2.22. The maximum Gasteiger partial charge on any atom is 0.252 e. The molecule has 0 aromatic heterocycles. The van der Waals surface area contributed by atoms with Crippen molar-refractivity contribution in [3.8, 4) is 18.1 Å². The lowest BCUT2D eigenvalue weighted by atomic mass is 10.2. The van der Waals surface area contributed by atoms with Crippen molar-refractivity contribution in [1.82, 2.24) is 10.0 Å². The van der Waals surface area contributed by atoms with Crippen molar-refractivity contribution in [2.75, 3.05) is 13.7 Å². The van der Waals surface area contributed by atoms with Crippen LogP contribution in [-0.4, -0.2) is 34.0 Å². The van der Waals surface area contributed by atoms with Gasteiger partial charge in [-0.15, -0.1) is 6.42 Å². The van der Waals surface area contributed by atoms with Crippen LogP contribution in [0.3, 0.4) is 0 Å². The van der Waals surface area contributed by atoms with Gasteiger partial charge in [0.15, 0.2) is 0 Å². The number of methoxy groups -OCH3 is 1. The number of sulfonamides is 1. The van der Waals surface area contributed by atoms with E-state index in [0.29, 0.717) is 0 Å². The Bertz CT molecular complexity index is 660. The quantitative estimate of drug-likeness (QED) is 0.759. The molecule has 0 saturated carbocycles. The van der Waals surface area contributed by atoms with Gasteiger partial charge in [0.2, 0.25) is 10.0 Å². The summed E-state index contributed by atoms with van der Waals surface area (Å²) < 4.78 is 32.0. The Kier molecular flexibility index (Phi) is 5.76. The summed E-state index contributed by atoms with van der Waals surface area (Å²) in [6, 6.07) is 3.88. The molecule has 1 rings (SSSR count). The number of nitrogens with one attached hydrogen (secondary N) is 2. The molecule has 114 valence electrons. The summed E-state index contributed by atoms with van der Waals surface area (Å²) >= 11 is 0. The summed E-state index contributed by atoms with van der Waals surface area (Å²) in [7, 11) is -2.41. The Labute approximate surface area is 124 Å². The Morgan fingerprint density at radius 2 is 2.10 bits per heavy atom. The van der Waals surface area contributed by atoms with Crippen LogP contribution in [0.5, 0.6) is 5.75 Å². The Hall–Kier alpha value is -2.04. The minimum atomic E-state index is -3.77. The SMILES string of the molecule is C#CCNC(=O)c1ccc(OC)c(S(=O)(=O)NC(C)C)c1. The number of terminal acetylenes is 1. The summed E-state index contributed by atoms with van der Waals surface area (Å²) in [6.07, 6.45) is 5.06. The first-order chi connectivity index (χ1) is 9.81. The van der Waals surface area contributed by atoms with Crippen LogP contribution in [0.1, 0.15) is 24.2 Å². The molecule has 0 spiro atoms. The van der Waals surface area contributed by atoms with Crippen LogP contribution in [-0.2, 0) is 10.0 Å². The van der Waals surface area contributed by atoms with E-state index < -0.39 is 15.9 Å². The third-order valence-corrected chi connectivity index (χ3v) is 4.14. The van der Waals surface area contributed by atoms with E-state index in [2.05, 4.69) is 16.0 Å². The highest BCUT2D eigenvalue weighted by Crippen LogP contribution is 2.25. The number of carbonyl (C=O) groups is 1. The van der Waals surface area contributed by atoms with Gasteiger partial charge >= 0.3 is 0 Å². The van der Waals surface area contributed by atoms with E-state index >= 15 is 0 Å². The maximum absolute atomic E-state index is 12.3. The average molecular weight is 310 g/mol. The molecule has 0 bridgehead atoms. The molecular formula is C14H18N2O4S. The topological polar surface area (TPSA) is 84.5 Å². The van der Waals surface area contributed by atoms with E-state index in [4.69, 9.17) is 11.2 Å². The summed E-state index contributed by atoms with van der Waals surface area (Å²) in [4.78, 5) is 11.8. The molecule has 0 fully saturated rings. The second-order valence-corrected chi connectivity index (χ2v) is 6.21. The molecular weight excluding hydrogens is 292 g/mol. The second kappa shape index (κ2) is 7.11. The zero-order valence-electron chi connectivity index (χ0n) is 12.1. The number of carbonyl (C=O) groups excluding carboxylic acids is 1. The zero-order valence-corrected chi connectivity index (χ0v) is 13.0. The predicted molar refractivity (Wildman–Crippen MR) is 79.6 cm³/mol. The normalized spacial score (nSPS) is 11.0. The van der Waals surface area contributed by atoms with Gasteiger partial charge in [0, 0.05) is 11.6 Å². The first-order valence-electron chi connectivity index (χ1n) is 6.24. The van der Waals surface area contributed by atoms with Crippen molar-refractivity contribution in [3.05, 3.63) is 23.8 Å². The van der Waals surface area contributed by atoms with Gasteiger partial charge in [0.05, 0.1) is 13.7 Å². The standard InChI is InChI=1S/C14H18N2O4S/c1-5-8-15-14(17)11-6-7-12(20-4)13(9-11)21(18,19)16-10(2)3/h1,6-7,9-10,16H,8H2,2-4H3,(H,15,17). The van der Waals surface area contributed by atoms with E-state index in [0.717, 1.165) is 0 Å². The molecule has 0 radical (unpaired) electrons. The van der Waals surface area contributed by atoms with Crippen molar-refractivity contribution in [2.45, 2.75) is 24.8 Å². The fourth-order valence-corrected chi connectivity index (χ4v) is 3.08. The molecule has 0 saturated heterocycles. The number of rotatable bonds is 6. The third-order valence-electron chi connectivity index (χ3n) is 2.46. The van der Waals surface area contributed by atoms with E-state index in [1.54, 1.807) is 13.8 Å². The molecule has 1 amide bonds. The summed E-state index contributed by atoms with van der Waals surface area (Å²) in [5, 5.41) is 2.47. The number of hydrogen-bond donors (Lipinski definition) is 2. The predicted octanol–water partition coefficient (Wildman–Crippen LogP) is 0.745. The molecule has 0 heterocycles. The molecule has 0 atom stereocenters. The lowest BCUT2D eigenvalue weighted by molar-refractivity contribution is 0.0958. The van der Waals surface area contributed by atoms with Crippen molar-refractivity contribution in [2.24, 2.45) is 0 Å². The lowest BCUT2D eigenvalue weighted by Gasteiger charge is -2.14. The van der Waals surface area contributed by atoms with Crippen molar-refractivity contribution in [1.29, 1.82) is 0 Å². The van der Waals surface area contributed by atoms with Crippen molar-refractivity contribution in [3.63, 3.8) is 0 Å².